The minimum Gasteiger partial charge on any atom is -0.375 e. The number of nitrogens with two attached hydrogens (primary N) is 1. The summed E-state index contributed by atoms with van der Waals surface area (Å²) in [5, 5.41) is 6.06. The molecule has 0 saturated carbocycles. The maximum Gasteiger partial charge on any atom is 0.182 e. The van der Waals surface area contributed by atoms with Gasteiger partial charge in [0, 0.05) is 10.6 Å². The van der Waals surface area contributed by atoms with Gasteiger partial charge in [-0.05, 0) is 12.1 Å². The van der Waals surface area contributed by atoms with Crippen LogP contribution < -0.4 is 5.73 Å². The first-order chi connectivity index (χ1) is 8.74. The maximum absolute atomic E-state index is 5.99. The second kappa shape index (κ2) is 4.40. The van der Waals surface area contributed by atoms with Crippen LogP contribution in [0, 0.1) is 0 Å². The molecule has 0 unspecified atom stereocenters. The molecule has 1 aromatic carbocycles. The van der Waals surface area contributed by atoms with Crippen LogP contribution in [0.2, 0.25) is 5.02 Å². The SMILES string of the molecule is Nc1nc(-c2cccc(Cl)c2)c(-n2cncn2)s1. The van der Waals surface area contributed by atoms with Crippen LogP contribution in [0.3, 0.4) is 0 Å². The average molecular weight is 278 g/mol. The van der Waals surface area contributed by atoms with Crippen molar-refractivity contribution in [2.75, 3.05) is 5.73 Å². The van der Waals surface area contributed by atoms with Gasteiger partial charge in [-0.15, -0.1) is 0 Å². The molecule has 0 bridgehead atoms. The molecule has 90 valence electrons. The van der Waals surface area contributed by atoms with Crippen molar-refractivity contribution in [2.45, 2.75) is 0 Å². The number of anilines is 1. The van der Waals surface area contributed by atoms with Crippen LogP contribution in [0.15, 0.2) is 36.9 Å². The number of aromatic nitrogens is 4. The van der Waals surface area contributed by atoms with Gasteiger partial charge in [-0.25, -0.2) is 14.6 Å². The van der Waals surface area contributed by atoms with E-state index < -0.39 is 0 Å². The van der Waals surface area contributed by atoms with Gasteiger partial charge in [0.15, 0.2) is 5.13 Å². The second-order valence-electron chi connectivity index (χ2n) is 3.56. The van der Waals surface area contributed by atoms with Crippen LogP contribution >= 0.6 is 22.9 Å². The summed E-state index contributed by atoms with van der Waals surface area (Å²) in [6.45, 7) is 0. The van der Waals surface area contributed by atoms with E-state index in [1.807, 2.05) is 24.3 Å². The number of hydrogen-bond acceptors (Lipinski definition) is 5. The highest BCUT2D eigenvalue weighted by molar-refractivity contribution is 7.18. The molecule has 2 heterocycles. The first-order valence-electron chi connectivity index (χ1n) is 5.11. The van der Waals surface area contributed by atoms with Crippen molar-refractivity contribution in [3.8, 4) is 16.3 Å². The van der Waals surface area contributed by atoms with Crippen LogP contribution in [0.25, 0.3) is 16.3 Å². The topological polar surface area (TPSA) is 69.6 Å². The van der Waals surface area contributed by atoms with Crippen molar-refractivity contribution in [2.24, 2.45) is 0 Å². The third-order valence-corrected chi connectivity index (χ3v) is 3.46. The summed E-state index contributed by atoms with van der Waals surface area (Å²) < 4.78 is 1.64. The van der Waals surface area contributed by atoms with Crippen LogP contribution in [-0.2, 0) is 0 Å². The third-order valence-electron chi connectivity index (χ3n) is 2.35. The van der Waals surface area contributed by atoms with Crippen molar-refractivity contribution in [3.63, 3.8) is 0 Å². The summed E-state index contributed by atoms with van der Waals surface area (Å²) in [4.78, 5) is 8.25. The van der Waals surface area contributed by atoms with Gasteiger partial charge in [0.2, 0.25) is 0 Å². The number of halogens is 1. The number of hydrogen-bond donors (Lipinski definition) is 1. The Morgan fingerprint density at radius 3 is 2.94 bits per heavy atom. The van der Waals surface area contributed by atoms with E-state index in [-0.39, 0.29) is 0 Å². The normalized spacial score (nSPS) is 10.7. The summed E-state index contributed by atoms with van der Waals surface area (Å²) >= 11 is 7.35. The van der Waals surface area contributed by atoms with Gasteiger partial charge < -0.3 is 5.73 Å². The van der Waals surface area contributed by atoms with Gasteiger partial charge in [-0.3, -0.25) is 0 Å². The van der Waals surface area contributed by atoms with Crippen LogP contribution in [0.5, 0.6) is 0 Å². The molecule has 2 aromatic heterocycles. The van der Waals surface area contributed by atoms with Gasteiger partial charge in [0.25, 0.3) is 0 Å². The number of rotatable bonds is 2. The number of nitrogen functional groups attached to an aromatic ring is 1. The van der Waals surface area contributed by atoms with Crippen LogP contribution in [0.1, 0.15) is 0 Å². The van der Waals surface area contributed by atoms with Crippen molar-refractivity contribution >= 4 is 28.1 Å². The Labute approximate surface area is 112 Å². The van der Waals surface area contributed by atoms with Gasteiger partial charge in [0.1, 0.15) is 23.3 Å². The van der Waals surface area contributed by atoms with Gasteiger partial charge in [0.05, 0.1) is 0 Å². The van der Waals surface area contributed by atoms with E-state index in [0.717, 1.165) is 16.3 Å². The zero-order valence-electron chi connectivity index (χ0n) is 9.12. The monoisotopic (exact) mass is 277 g/mol. The predicted octanol–water partition coefficient (Wildman–Crippen LogP) is 2.63. The molecule has 0 aliphatic rings. The smallest absolute Gasteiger partial charge is 0.182 e. The Hall–Kier alpha value is -1.92. The van der Waals surface area contributed by atoms with E-state index in [2.05, 4.69) is 15.1 Å². The molecule has 2 N–H and O–H groups in total. The fourth-order valence-electron chi connectivity index (χ4n) is 1.62. The molecule has 0 amide bonds. The Kier molecular flexibility index (Phi) is 2.73. The van der Waals surface area contributed by atoms with Crippen LogP contribution in [-0.4, -0.2) is 19.7 Å². The summed E-state index contributed by atoms with van der Waals surface area (Å²) in [6, 6.07) is 7.46. The number of thiazole rings is 1. The highest BCUT2D eigenvalue weighted by atomic mass is 35.5. The van der Waals surface area contributed by atoms with Gasteiger partial charge in [-0.1, -0.05) is 35.1 Å². The van der Waals surface area contributed by atoms with E-state index in [0.29, 0.717) is 10.2 Å². The molecule has 0 aliphatic heterocycles. The molecule has 0 spiro atoms. The predicted molar refractivity (Wildman–Crippen MR) is 71.9 cm³/mol. The molecule has 18 heavy (non-hydrogen) atoms. The molecule has 0 atom stereocenters. The van der Waals surface area contributed by atoms with Crippen molar-refractivity contribution < 1.29 is 0 Å². The minimum absolute atomic E-state index is 0.482. The fraction of sp³-hybridized carbons (Fsp3) is 0. The molecule has 5 nitrogen and oxygen atoms in total. The average Bonchev–Trinajstić information content (AvgIpc) is 2.97. The molecule has 7 heteroatoms. The Bertz CT molecular complexity index is 677. The quantitative estimate of drug-likeness (QED) is 0.782. The Morgan fingerprint density at radius 2 is 2.22 bits per heavy atom. The highest BCUT2D eigenvalue weighted by Crippen LogP contribution is 2.33. The lowest BCUT2D eigenvalue weighted by atomic mass is 10.2. The molecule has 0 radical (unpaired) electrons. The lowest BCUT2D eigenvalue weighted by Gasteiger charge is -2.01. The molecule has 0 fully saturated rings. The van der Waals surface area contributed by atoms with Crippen molar-refractivity contribution in [1.29, 1.82) is 0 Å². The highest BCUT2D eigenvalue weighted by Gasteiger charge is 2.14. The lowest BCUT2D eigenvalue weighted by molar-refractivity contribution is 0.895. The Morgan fingerprint density at radius 1 is 1.33 bits per heavy atom. The summed E-state index contributed by atoms with van der Waals surface area (Å²) in [7, 11) is 0. The first-order valence-corrected chi connectivity index (χ1v) is 6.31. The van der Waals surface area contributed by atoms with Crippen molar-refractivity contribution in [1.82, 2.24) is 19.7 Å². The standard InChI is InChI=1S/C11H8ClN5S/c12-8-3-1-2-7(4-8)9-10(18-11(13)16-9)17-6-14-5-15-17/h1-6H,(H2,13,16). The number of nitrogens with zero attached hydrogens (tertiary/aromatic N) is 4. The van der Waals surface area contributed by atoms with E-state index in [4.69, 9.17) is 17.3 Å². The molecule has 0 aliphatic carbocycles. The fourth-order valence-corrected chi connectivity index (χ4v) is 2.59. The summed E-state index contributed by atoms with van der Waals surface area (Å²) in [5.74, 6) is 0. The minimum atomic E-state index is 0.482. The molecule has 0 saturated heterocycles. The maximum atomic E-state index is 5.99. The molecular formula is C11H8ClN5S. The number of benzene rings is 1. The van der Waals surface area contributed by atoms with Crippen LogP contribution in [0.4, 0.5) is 5.13 Å². The van der Waals surface area contributed by atoms with Gasteiger partial charge in [-0.2, -0.15) is 5.10 Å². The summed E-state index contributed by atoms with van der Waals surface area (Å²) in [5.41, 5.74) is 7.43. The second-order valence-corrected chi connectivity index (χ2v) is 5.00. The largest absolute Gasteiger partial charge is 0.375 e. The zero-order valence-corrected chi connectivity index (χ0v) is 10.7. The first kappa shape index (κ1) is 11.2. The molecule has 3 rings (SSSR count). The Balaban J connectivity index is 2.18. The summed E-state index contributed by atoms with van der Waals surface area (Å²) in [6.07, 6.45) is 3.08. The zero-order chi connectivity index (χ0) is 12.5. The van der Waals surface area contributed by atoms with Crippen molar-refractivity contribution in [3.05, 3.63) is 41.9 Å². The van der Waals surface area contributed by atoms with E-state index >= 15 is 0 Å². The van der Waals surface area contributed by atoms with E-state index in [1.165, 1.54) is 17.7 Å². The third kappa shape index (κ3) is 1.96. The van der Waals surface area contributed by atoms with E-state index in [1.54, 1.807) is 11.0 Å². The molecular weight excluding hydrogens is 270 g/mol. The molecule has 3 aromatic rings. The van der Waals surface area contributed by atoms with E-state index in [9.17, 15) is 0 Å². The van der Waals surface area contributed by atoms with Gasteiger partial charge >= 0.3 is 0 Å². The lowest BCUT2D eigenvalue weighted by Crippen LogP contribution is -1.93.